The van der Waals surface area contributed by atoms with E-state index in [9.17, 15) is 55.5 Å². The SMILES string of the molecule is Br.Br.Br.CC(=O)c1cc(Cl)cn(Cc2ccc(Cl)cc2S(C)(=O)=O)c1=N.CC(=O)c1cc(Cl)cn(Cc2cccc(C(C)(C)O)c2)c1=N.CC(=O)c1cc(Cl)cn(Cc2cccc(C(N)=O)c2)c1=N.CN(C)S(=O)(=O)c1ccc(Cn2cc(Cl)cc(C(N)=O)c2=N)cc1.COC(=O)c1cccc(Cn2cc(Cl)cc(C(C)=O)c2=N)c1. The summed E-state index contributed by atoms with van der Waals surface area (Å²) in [6.45, 7) is 10.4. The molecule has 10 N–H and O–H groups in total. The number of methoxy groups -OCH3 is 1. The summed E-state index contributed by atoms with van der Waals surface area (Å²) in [5.74, 6) is -2.58. The second-order valence-electron chi connectivity index (χ2n) is 25.8. The van der Waals surface area contributed by atoms with Crippen molar-refractivity contribution in [2.75, 3.05) is 27.5 Å². The minimum Gasteiger partial charge on any atom is -0.465 e. The number of hydrogen-bond donors (Lipinski definition) is 8. The van der Waals surface area contributed by atoms with Gasteiger partial charge in [-0.05, 0) is 154 Å². The molecule has 5 aromatic heterocycles. The zero-order valence-electron chi connectivity index (χ0n) is 63.3. The lowest BCUT2D eigenvalue weighted by Gasteiger charge is -2.19. The Morgan fingerprint density at radius 1 is 0.435 bits per heavy atom. The van der Waals surface area contributed by atoms with Crippen molar-refractivity contribution in [1.29, 1.82) is 27.0 Å². The summed E-state index contributed by atoms with van der Waals surface area (Å²) in [5.41, 5.74) is 16.1. The number of aromatic nitrogens is 5. The average molecular weight is 1930 g/mol. The first-order valence-electron chi connectivity index (χ1n) is 33.1. The summed E-state index contributed by atoms with van der Waals surface area (Å²) in [4.78, 5) is 80.6. The smallest absolute Gasteiger partial charge is 0.337 e. The Bertz CT molecular complexity index is 5910. The Hall–Kier alpha value is -9.06. The molecule has 10 aromatic rings. The predicted molar refractivity (Wildman–Crippen MR) is 458 cm³/mol. The van der Waals surface area contributed by atoms with Crippen molar-refractivity contribution < 1.29 is 60.2 Å². The van der Waals surface area contributed by atoms with Gasteiger partial charge in [0, 0.05) is 88.1 Å². The summed E-state index contributed by atoms with van der Waals surface area (Å²) < 4.78 is 61.4. The molecule has 2 amide bonds. The molecule has 612 valence electrons. The van der Waals surface area contributed by atoms with Crippen LogP contribution in [0.5, 0.6) is 0 Å². The Labute approximate surface area is 724 Å². The van der Waals surface area contributed by atoms with E-state index in [1.165, 1.54) is 119 Å². The molecule has 0 radical (unpaired) electrons. The number of pyridine rings is 5. The Kier molecular flexibility index (Phi) is 38.1. The number of ether oxygens (including phenoxy) is 1. The number of carbonyl (C=O) groups is 7. The molecule has 0 saturated heterocycles. The minimum absolute atomic E-state index is 0. The highest BCUT2D eigenvalue weighted by molar-refractivity contribution is 8.93. The molecule has 0 aliphatic heterocycles. The number of Topliss-reactive ketones (excluding diaryl/α,β-unsaturated/α-hetero) is 4. The third kappa shape index (κ3) is 28.4. The number of aliphatic hydroxyl groups is 1. The number of nitrogens with two attached hydrogens (primary N) is 2. The molecule has 0 atom stereocenters. The lowest BCUT2D eigenvalue weighted by molar-refractivity contribution is 0.0599. The highest BCUT2D eigenvalue weighted by atomic mass is 79.9. The van der Waals surface area contributed by atoms with E-state index < -0.39 is 43.2 Å². The van der Waals surface area contributed by atoms with Gasteiger partial charge in [0.2, 0.25) is 15.9 Å². The molecule has 0 aliphatic carbocycles. The van der Waals surface area contributed by atoms with Crippen LogP contribution in [0.3, 0.4) is 0 Å². The van der Waals surface area contributed by atoms with Crippen LogP contribution in [-0.4, -0.2) is 117 Å². The largest absolute Gasteiger partial charge is 0.465 e. The van der Waals surface area contributed by atoms with Crippen molar-refractivity contribution >= 4 is 181 Å². The number of rotatable bonds is 21. The molecule has 0 unspecified atom stereocenters. The molecule has 0 aliphatic rings. The van der Waals surface area contributed by atoms with Gasteiger partial charge < -0.3 is 44.1 Å². The van der Waals surface area contributed by atoms with Gasteiger partial charge in [-0.2, -0.15) is 0 Å². The van der Waals surface area contributed by atoms with Crippen LogP contribution in [0, 0.1) is 27.0 Å². The molecule has 0 bridgehead atoms. The number of halogens is 9. The lowest BCUT2D eigenvalue weighted by Crippen LogP contribution is -2.29. The van der Waals surface area contributed by atoms with Gasteiger partial charge >= 0.3 is 5.97 Å². The van der Waals surface area contributed by atoms with Crippen LogP contribution in [0.15, 0.2) is 186 Å². The third-order valence-electron chi connectivity index (χ3n) is 16.4. The standard InChI is InChI=1S/C17H19ClN2O2.C16H15ClN2O3.C15H14Cl2N2O3S.C15H17ClN4O3S.C15H14ClN3O2.3BrH/c1-11(21)15-8-14(18)10-20(16(15)19)9-12-5-4-6-13(7-12)17(2,3)22;1-10(20)14-7-13(17)9-19(15(14)18)8-11-4-3-5-12(6-11)16(21)22-2;1-9(20)13-5-12(17)8-19(15(13)18)7-10-3-4-11(16)6-14(10)23(2,21)22;1-19(2)24(22,23)12-5-3-10(4-6-12)8-20-9-11(16)7-13(14(20)17)15(18)21;1-9(20)13-6-12(16)8-19(14(13)17)7-10-3-2-4-11(5-10)15(18)21;;;/h4-8,10,19,22H,9H2,1-3H3;3-7,9,18H,8H2,1-2H3;3-6,8,18H,7H2,1-2H3;3-7,9,17H,8H2,1-2H3,(H2,18,21);2-6,8,17H,7H2,1H3,(H2,18,21);3*1H. The van der Waals surface area contributed by atoms with Crippen molar-refractivity contribution in [2.45, 2.75) is 89.7 Å². The first kappa shape index (κ1) is 100. The third-order valence-corrected chi connectivity index (χ3v) is 20.7. The van der Waals surface area contributed by atoms with Crippen molar-refractivity contribution in [1.82, 2.24) is 27.1 Å². The highest BCUT2D eigenvalue weighted by Gasteiger charge is 2.21. The zero-order valence-corrected chi connectivity index (χ0v) is 74.6. The van der Waals surface area contributed by atoms with Gasteiger partial charge in [0.05, 0.1) is 87.5 Å². The van der Waals surface area contributed by atoms with Crippen molar-refractivity contribution in [2.24, 2.45) is 11.5 Å². The number of nitrogens with one attached hydrogen (secondary N) is 5. The molecule has 10 rings (SSSR count). The number of sulfone groups is 1. The van der Waals surface area contributed by atoms with Gasteiger partial charge in [-0.25, -0.2) is 25.9 Å². The first-order chi connectivity index (χ1) is 52.2. The zero-order chi connectivity index (χ0) is 83.8. The van der Waals surface area contributed by atoms with Gasteiger partial charge in [0.15, 0.2) is 33.0 Å². The van der Waals surface area contributed by atoms with Crippen LogP contribution >= 0.6 is 121 Å². The normalized spacial score (nSPS) is 10.8. The number of hydrogen-bond acceptors (Lipinski definition) is 18. The molecule has 37 heteroatoms. The number of sulfonamides is 1. The molecular formula is C78H82Br3Cl6N13O13S2. The van der Waals surface area contributed by atoms with Crippen LogP contribution in [0.25, 0.3) is 0 Å². The van der Waals surface area contributed by atoms with Crippen molar-refractivity contribution in [3.63, 3.8) is 0 Å². The van der Waals surface area contributed by atoms with E-state index in [-0.39, 0.29) is 152 Å². The Balaban J connectivity index is 0.000000370. The van der Waals surface area contributed by atoms with E-state index in [1.54, 1.807) is 107 Å². The van der Waals surface area contributed by atoms with Crippen LogP contribution in [0.1, 0.15) is 147 Å². The number of nitrogens with zero attached hydrogens (tertiary/aromatic N) is 6. The van der Waals surface area contributed by atoms with E-state index in [2.05, 4.69) is 4.74 Å². The van der Waals surface area contributed by atoms with Crippen molar-refractivity contribution in [3.05, 3.63) is 306 Å². The summed E-state index contributed by atoms with van der Waals surface area (Å²) in [6, 6.07) is 39.3. The quantitative estimate of drug-likeness (QED) is 0.0245. The molecule has 115 heavy (non-hydrogen) atoms. The average Bonchev–Trinajstić information content (AvgIpc) is 0.852. The lowest BCUT2D eigenvalue weighted by atomic mass is 9.96. The van der Waals surface area contributed by atoms with Gasteiger partial charge in [0.25, 0.3) is 5.91 Å². The maximum absolute atomic E-state index is 12.0. The summed E-state index contributed by atoms with van der Waals surface area (Å²) in [5, 5.41) is 52.5. The number of benzene rings is 5. The molecular weight excluding hydrogens is 1840 g/mol. The molecule has 5 heterocycles. The fraction of sp³-hybridized carbons (Fsp3) is 0.205. The second kappa shape index (κ2) is 43.8. The number of carbonyl (C=O) groups excluding carboxylic acids is 7. The minimum atomic E-state index is -3.49. The Morgan fingerprint density at radius 2 is 0.765 bits per heavy atom. The van der Waals surface area contributed by atoms with E-state index in [4.69, 9.17) is 108 Å². The van der Waals surface area contributed by atoms with Gasteiger partial charge in [-0.3, -0.25) is 55.8 Å². The van der Waals surface area contributed by atoms with Gasteiger partial charge in [-0.1, -0.05) is 136 Å². The predicted octanol–water partition coefficient (Wildman–Crippen LogP) is 13.4. The maximum Gasteiger partial charge on any atom is 0.337 e. The van der Waals surface area contributed by atoms with E-state index >= 15 is 0 Å². The van der Waals surface area contributed by atoms with Crippen LogP contribution in [-0.2, 0) is 62.9 Å². The number of amides is 2. The molecule has 5 aromatic carbocycles. The summed E-state index contributed by atoms with van der Waals surface area (Å²) >= 11 is 35.9. The first-order valence-corrected chi connectivity index (χ1v) is 38.7. The molecule has 0 saturated carbocycles. The fourth-order valence-corrected chi connectivity index (χ4v) is 13.9. The van der Waals surface area contributed by atoms with E-state index in [1.807, 2.05) is 36.4 Å². The number of ketones is 4. The summed E-state index contributed by atoms with van der Waals surface area (Å²) in [7, 11) is -2.73. The van der Waals surface area contributed by atoms with Crippen LogP contribution in [0.2, 0.25) is 30.1 Å². The number of esters is 1. The second-order valence-corrected chi connectivity index (χ2v) is 32.6. The summed E-state index contributed by atoms with van der Waals surface area (Å²) in [6.07, 6.45) is 8.88. The number of primary amides is 2. The highest BCUT2D eigenvalue weighted by Crippen LogP contribution is 2.25. The van der Waals surface area contributed by atoms with Crippen LogP contribution in [0.4, 0.5) is 0 Å². The molecule has 26 nitrogen and oxygen atoms in total. The van der Waals surface area contributed by atoms with E-state index in [0.29, 0.717) is 67.0 Å². The van der Waals surface area contributed by atoms with Crippen molar-refractivity contribution in [3.8, 4) is 0 Å². The topological polar surface area (TPSA) is 416 Å². The Morgan fingerprint density at radius 3 is 1.10 bits per heavy atom. The monoisotopic (exact) mass is 1920 g/mol. The maximum atomic E-state index is 12.0. The van der Waals surface area contributed by atoms with Gasteiger partial charge in [0.1, 0.15) is 27.4 Å². The van der Waals surface area contributed by atoms with Crippen LogP contribution < -0.4 is 38.9 Å². The molecule has 0 spiro atoms. The fourth-order valence-electron chi connectivity index (χ4n) is 10.7. The molecule has 0 fully saturated rings. The van der Waals surface area contributed by atoms with Gasteiger partial charge in [-0.15, -0.1) is 50.9 Å². The van der Waals surface area contributed by atoms with E-state index in [0.717, 1.165) is 38.4 Å².